The van der Waals surface area contributed by atoms with Gasteiger partial charge in [0, 0.05) is 0 Å². The molecule has 0 aliphatic heterocycles. The van der Waals surface area contributed by atoms with Crippen LogP contribution in [0.1, 0.15) is 0 Å². The van der Waals surface area contributed by atoms with Crippen molar-refractivity contribution in [3.8, 4) is 0 Å². The van der Waals surface area contributed by atoms with Crippen LogP contribution in [0.5, 0.6) is 0 Å². The minimum absolute atomic E-state index is 0.201. The van der Waals surface area contributed by atoms with Gasteiger partial charge in [0.2, 0.25) is 5.91 Å². The van der Waals surface area contributed by atoms with Crippen molar-refractivity contribution >= 4 is 44.9 Å². The van der Waals surface area contributed by atoms with Crippen LogP contribution in [0.25, 0.3) is 10.2 Å². The number of aromatic nitrogens is 1. The Morgan fingerprint density at radius 2 is 1.95 bits per heavy atom. The molecule has 0 saturated carbocycles. The molecule has 1 aromatic heterocycles. The van der Waals surface area contributed by atoms with Crippen molar-refractivity contribution in [3.05, 3.63) is 54.3 Å². The summed E-state index contributed by atoms with van der Waals surface area (Å²) in [7, 11) is 0. The van der Waals surface area contributed by atoms with E-state index in [2.05, 4.69) is 10.3 Å². The quantitative estimate of drug-likeness (QED) is 0.734. The molecule has 3 aromatic rings. The maximum atomic E-state index is 13.4. The van der Waals surface area contributed by atoms with Crippen molar-refractivity contribution in [2.75, 3.05) is 11.1 Å². The Morgan fingerprint density at radius 3 is 2.76 bits per heavy atom. The molecule has 3 nitrogen and oxygen atoms in total. The smallest absolute Gasteiger partial charge is 0.234 e. The highest BCUT2D eigenvalue weighted by Gasteiger charge is 2.09. The lowest BCUT2D eigenvalue weighted by Crippen LogP contribution is -2.14. The Bertz CT molecular complexity index is 755. The third-order valence-electron chi connectivity index (χ3n) is 2.75. The minimum atomic E-state index is -0.434. The lowest BCUT2D eigenvalue weighted by molar-refractivity contribution is -0.113. The van der Waals surface area contributed by atoms with Crippen molar-refractivity contribution in [3.63, 3.8) is 0 Å². The number of halogens is 1. The lowest BCUT2D eigenvalue weighted by Gasteiger charge is -2.04. The molecule has 0 atom stereocenters. The molecule has 0 bridgehead atoms. The van der Waals surface area contributed by atoms with Crippen molar-refractivity contribution in [1.29, 1.82) is 0 Å². The van der Waals surface area contributed by atoms with Gasteiger partial charge in [0.05, 0.1) is 21.7 Å². The number of hydrogen-bond donors (Lipinski definition) is 1. The zero-order valence-electron chi connectivity index (χ0n) is 10.9. The van der Waals surface area contributed by atoms with Crippen LogP contribution in [0.2, 0.25) is 0 Å². The first kappa shape index (κ1) is 14.0. The van der Waals surface area contributed by atoms with Gasteiger partial charge in [-0.05, 0) is 24.3 Å². The van der Waals surface area contributed by atoms with Gasteiger partial charge < -0.3 is 5.32 Å². The molecule has 3 rings (SSSR count). The van der Waals surface area contributed by atoms with Crippen LogP contribution in [0, 0.1) is 5.82 Å². The molecule has 6 heteroatoms. The molecule has 1 N–H and O–H groups in total. The Morgan fingerprint density at radius 1 is 1.19 bits per heavy atom. The molecule has 0 unspecified atom stereocenters. The number of rotatable bonds is 4. The Kier molecular flexibility index (Phi) is 4.17. The van der Waals surface area contributed by atoms with E-state index in [0.29, 0.717) is 0 Å². The van der Waals surface area contributed by atoms with Crippen molar-refractivity contribution in [1.82, 2.24) is 4.98 Å². The van der Waals surface area contributed by atoms with Gasteiger partial charge in [0.15, 0.2) is 4.34 Å². The van der Waals surface area contributed by atoms with Crippen molar-refractivity contribution < 1.29 is 9.18 Å². The second-order valence-corrected chi connectivity index (χ2v) is 6.52. The number of thioether (sulfide) groups is 1. The van der Waals surface area contributed by atoms with E-state index in [9.17, 15) is 9.18 Å². The number of fused-ring (bicyclic) bond motifs is 1. The van der Waals surface area contributed by atoms with E-state index in [0.717, 1.165) is 14.6 Å². The fourth-order valence-electron chi connectivity index (χ4n) is 1.79. The van der Waals surface area contributed by atoms with Gasteiger partial charge in [0.25, 0.3) is 0 Å². The van der Waals surface area contributed by atoms with Crippen LogP contribution in [0.4, 0.5) is 10.1 Å². The summed E-state index contributed by atoms with van der Waals surface area (Å²) in [5.74, 6) is -0.478. The lowest BCUT2D eigenvalue weighted by atomic mass is 10.3. The first-order chi connectivity index (χ1) is 10.2. The highest BCUT2D eigenvalue weighted by molar-refractivity contribution is 8.01. The zero-order valence-corrected chi connectivity index (χ0v) is 12.5. The summed E-state index contributed by atoms with van der Waals surface area (Å²) in [6, 6.07) is 13.9. The highest BCUT2D eigenvalue weighted by atomic mass is 32.2. The normalized spacial score (nSPS) is 10.7. The van der Waals surface area contributed by atoms with Gasteiger partial charge in [0.1, 0.15) is 5.82 Å². The van der Waals surface area contributed by atoms with E-state index in [4.69, 9.17) is 0 Å². The zero-order chi connectivity index (χ0) is 14.7. The number of amides is 1. The van der Waals surface area contributed by atoms with Crippen molar-refractivity contribution in [2.45, 2.75) is 4.34 Å². The van der Waals surface area contributed by atoms with E-state index in [1.807, 2.05) is 24.3 Å². The molecular formula is C15H11FN2OS2. The molecule has 1 heterocycles. The van der Waals surface area contributed by atoms with Crippen LogP contribution in [-0.2, 0) is 4.79 Å². The highest BCUT2D eigenvalue weighted by Crippen LogP contribution is 2.29. The summed E-state index contributed by atoms with van der Waals surface area (Å²) < 4.78 is 15.3. The van der Waals surface area contributed by atoms with Crippen molar-refractivity contribution in [2.24, 2.45) is 0 Å². The second-order valence-electron chi connectivity index (χ2n) is 4.26. The molecule has 0 aliphatic carbocycles. The molecule has 21 heavy (non-hydrogen) atoms. The maximum absolute atomic E-state index is 13.4. The summed E-state index contributed by atoms with van der Waals surface area (Å²) in [5, 5.41) is 2.56. The standard InChI is InChI=1S/C15H11FN2OS2/c16-10-5-1-2-6-11(10)17-14(19)9-20-15-18-12-7-3-4-8-13(12)21-15/h1-8H,9H2,(H,17,19). The number of anilines is 1. The number of carbonyl (C=O) groups is 1. The summed E-state index contributed by atoms with van der Waals surface area (Å²) in [5.41, 5.74) is 1.13. The van der Waals surface area contributed by atoms with Gasteiger partial charge in [-0.25, -0.2) is 9.37 Å². The first-order valence-electron chi connectivity index (χ1n) is 6.25. The van der Waals surface area contributed by atoms with Gasteiger partial charge in [-0.1, -0.05) is 36.0 Å². The summed E-state index contributed by atoms with van der Waals surface area (Å²) in [6.07, 6.45) is 0. The summed E-state index contributed by atoms with van der Waals surface area (Å²) in [4.78, 5) is 16.3. The number of carbonyl (C=O) groups excluding carboxylic acids is 1. The molecule has 1 amide bonds. The van der Waals surface area contributed by atoms with E-state index in [-0.39, 0.29) is 17.3 Å². The number of nitrogens with zero attached hydrogens (tertiary/aromatic N) is 1. The molecule has 106 valence electrons. The number of thiazole rings is 1. The second kappa shape index (κ2) is 6.24. The fourth-order valence-corrected chi connectivity index (χ4v) is 3.66. The number of para-hydroxylation sites is 2. The topological polar surface area (TPSA) is 42.0 Å². The molecule has 0 radical (unpaired) electrons. The molecule has 0 spiro atoms. The average Bonchev–Trinajstić information content (AvgIpc) is 2.90. The molecule has 0 fully saturated rings. The summed E-state index contributed by atoms with van der Waals surface area (Å²) >= 11 is 2.90. The number of hydrogen-bond acceptors (Lipinski definition) is 4. The average molecular weight is 318 g/mol. The Hall–Kier alpha value is -1.92. The van der Waals surface area contributed by atoms with Gasteiger partial charge >= 0.3 is 0 Å². The predicted octanol–water partition coefficient (Wildman–Crippen LogP) is 4.17. The summed E-state index contributed by atoms with van der Waals surface area (Å²) in [6.45, 7) is 0. The Balaban J connectivity index is 1.62. The molecule has 2 aromatic carbocycles. The van der Waals surface area contributed by atoms with Crippen LogP contribution in [0.15, 0.2) is 52.9 Å². The van der Waals surface area contributed by atoms with E-state index in [1.165, 1.54) is 23.9 Å². The first-order valence-corrected chi connectivity index (χ1v) is 8.05. The largest absolute Gasteiger partial charge is 0.323 e. The Labute approximate surface area is 129 Å². The van der Waals surface area contributed by atoms with Crippen LogP contribution in [0.3, 0.4) is 0 Å². The van der Waals surface area contributed by atoms with Gasteiger partial charge in [-0.3, -0.25) is 4.79 Å². The fraction of sp³-hybridized carbons (Fsp3) is 0.0667. The van der Waals surface area contributed by atoms with E-state index >= 15 is 0 Å². The predicted molar refractivity (Wildman–Crippen MR) is 85.4 cm³/mol. The molecule has 0 aliphatic rings. The van der Waals surface area contributed by atoms with Crippen LogP contribution in [-0.4, -0.2) is 16.6 Å². The van der Waals surface area contributed by atoms with E-state index < -0.39 is 5.82 Å². The minimum Gasteiger partial charge on any atom is -0.323 e. The monoisotopic (exact) mass is 318 g/mol. The molecular weight excluding hydrogens is 307 g/mol. The molecule has 0 saturated heterocycles. The third kappa shape index (κ3) is 3.40. The van der Waals surface area contributed by atoms with Gasteiger partial charge in [-0.2, -0.15) is 0 Å². The van der Waals surface area contributed by atoms with E-state index in [1.54, 1.807) is 23.5 Å². The third-order valence-corrected chi connectivity index (χ3v) is 4.93. The number of benzene rings is 2. The van der Waals surface area contributed by atoms with Crippen LogP contribution >= 0.6 is 23.1 Å². The number of nitrogens with one attached hydrogen (secondary N) is 1. The maximum Gasteiger partial charge on any atom is 0.234 e. The SMILES string of the molecule is O=C(CSc1nc2ccccc2s1)Nc1ccccc1F. The van der Waals surface area contributed by atoms with Gasteiger partial charge in [-0.15, -0.1) is 11.3 Å². The van der Waals surface area contributed by atoms with Crippen LogP contribution < -0.4 is 5.32 Å².